The van der Waals surface area contributed by atoms with Crippen LogP contribution in [0.4, 0.5) is 5.69 Å². The Morgan fingerprint density at radius 2 is 2.05 bits per heavy atom. The minimum atomic E-state index is -0.959. The van der Waals surface area contributed by atoms with Crippen LogP contribution in [-0.4, -0.2) is 28.9 Å². The van der Waals surface area contributed by atoms with Crippen LogP contribution in [0.5, 0.6) is 0 Å². The predicted molar refractivity (Wildman–Crippen MR) is 72.5 cm³/mol. The number of aliphatic carboxylic acids is 1. The smallest absolute Gasteiger partial charge is 0.308 e. The molecular weight excluding hydrogens is 260 g/mol. The highest BCUT2D eigenvalue weighted by molar-refractivity contribution is 6.02. The van der Waals surface area contributed by atoms with E-state index in [1.54, 1.807) is 25.1 Å². The first-order valence-electron chi connectivity index (χ1n) is 6.35. The summed E-state index contributed by atoms with van der Waals surface area (Å²) < 4.78 is 0. The number of carboxylic acids is 1. The summed E-state index contributed by atoms with van der Waals surface area (Å²) in [7, 11) is 0. The lowest BCUT2D eigenvalue weighted by Crippen LogP contribution is -2.40. The predicted octanol–water partition coefficient (Wildman–Crippen LogP) is 1.02. The molecule has 1 aliphatic heterocycles. The first kappa shape index (κ1) is 14.0. The Morgan fingerprint density at radius 1 is 1.35 bits per heavy atom. The van der Waals surface area contributed by atoms with Crippen molar-refractivity contribution in [2.24, 2.45) is 5.92 Å². The summed E-state index contributed by atoms with van der Waals surface area (Å²) in [6.07, 6.45) is 0.323. The molecule has 20 heavy (non-hydrogen) atoms. The summed E-state index contributed by atoms with van der Waals surface area (Å²) in [4.78, 5) is 34.1. The topological polar surface area (TPSA) is 95.5 Å². The Morgan fingerprint density at radius 3 is 2.70 bits per heavy atom. The van der Waals surface area contributed by atoms with Gasteiger partial charge in [-0.05, 0) is 31.5 Å². The number of anilines is 1. The van der Waals surface area contributed by atoms with Gasteiger partial charge in [0.2, 0.25) is 5.91 Å². The number of hydrogen-bond acceptors (Lipinski definition) is 3. The molecule has 0 radical (unpaired) electrons. The van der Waals surface area contributed by atoms with E-state index in [4.69, 9.17) is 5.11 Å². The molecule has 6 nitrogen and oxygen atoms in total. The monoisotopic (exact) mass is 276 g/mol. The molecule has 3 N–H and O–H groups in total. The molecule has 2 unspecified atom stereocenters. The van der Waals surface area contributed by atoms with E-state index < -0.39 is 17.9 Å². The Kier molecular flexibility index (Phi) is 3.74. The van der Waals surface area contributed by atoms with Gasteiger partial charge < -0.3 is 15.7 Å². The summed E-state index contributed by atoms with van der Waals surface area (Å²) in [5.41, 5.74) is 1.90. The van der Waals surface area contributed by atoms with E-state index in [2.05, 4.69) is 10.6 Å². The van der Waals surface area contributed by atoms with Crippen LogP contribution in [0.2, 0.25) is 0 Å². The van der Waals surface area contributed by atoms with E-state index in [0.717, 1.165) is 5.56 Å². The second-order valence-corrected chi connectivity index (χ2v) is 4.99. The minimum absolute atomic E-state index is 0.0922. The Bertz CT molecular complexity index is 583. The van der Waals surface area contributed by atoms with Gasteiger partial charge in [0.1, 0.15) is 0 Å². The maximum absolute atomic E-state index is 12.0. The summed E-state index contributed by atoms with van der Waals surface area (Å²) >= 11 is 0. The van der Waals surface area contributed by atoms with Gasteiger partial charge in [0.05, 0.1) is 12.3 Å². The molecule has 2 atom stereocenters. The highest BCUT2D eigenvalue weighted by Crippen LogP contribution is 2.24. The zero-order valence-electron chi connectivity index (χ0n) is 11.3. The summed E-state index contributed by atoms with van der Waals surface area (Å²) in [6.45, 7) is 3.18. The van der Waals surface area contributed by atoms with Crippen LogP contribution >= 0.6 is 0 Å². The van der Waals surface area contributed by atoms with Crippen LogP contribution in [0.1, 0.15) is 29.8 Å². The van der Waals surface area contributed by atoms with Gasteiger partial charge in [-0.3, -0.25) is 14.4 Å². The molecule has 0 bridgehead atoms. The molecule has 0 spiro atoms. The van der Waals surface area contributed by atoms with Gasteiger partial charge in [0.15, 0.2) is 0 Å². The second kappa shape index (κ2) is 5.32. The summed E-state index contributed by atoms with van der Waals surface area (Å²) in [5.74, 6) is -2.08. The summed E-state index contributed by atoms with van der Waals surface area (Å²) in [5, 5.41) is 14.2. The second-order valence-electron chi connectivity index (χ2n) is 4.99. The Balaban J connectivity index is 2.09. The molecule has 0 saturated carbocycles. The van der Waals surface area contributed by atoms with E-state index >= 15 is 0 Å². The lowest BCUT2D eigenvalue weighted by Gasteiger charge is -2.18. The molecule has 6 heteroatoms. The quantitative estimate of drug-likeness (QED) is 0.765. The van der Waals surface area contributed by atoms with Crippen molar-refractivity contribution in [2.75, 3.05) is 5.32 Å². The van der Waals surface area contributed by atoms with Gasteiger partial charge in [-0.1, -0.05) is 6.07 Å². The third kappa shape index (κ3) is 2.79. The maximum Gasteiger partial charge on any atom is 0.308 e. The summed E-state index contributed by atoms with van der Waals surface area (Å²) in [6, 6.07) is 4.48. The average Bonchev–Trinajstić information content (AvgIpc) is 2.76. The molecule has 0 fully saturated rings. The van der Waals surface area contributed by atoms with Crippen LogP contribution in [0.25, 0.3) is 0 Å². The standard InChI is InChI=1S/C14H16N2O4/c1-7(14(19)20)8(2)15-13(18)10-4-3-9-6-12(17)16-11(9)5-10/h3-5,7-8H,6H2,1-2H3,(H,15,18)(H,16,17)(H,19,20). The molecule has 0 aliphatic carbocycles. The highest BCUT2D eigenvalue weighted by atomic mass is 16.4. The molecule has 0 aromatic heterocycles. The number of carbonyl (C=O) groups is 3. The molecular formula is C14H16N2O4. The maximum atomic E-state index is 12.0. The van der Waals surface area contributed by atoms with Gasteiger partial charge in [-0.2, -0.15) is 0 Å². The van der Waals surface area contributed by atoms with Crippen molar-refractivity contribution in [2.45, 2.75) is 26.3 Å². The van der Waals surface area contributed by atoms with E-state index in [1.165, 1.54) is 6.92 Å². The fourth-order valence-electron chi connectivity index (χ4n) is 1.98. The number of benzene rings is 1. The zero-order chi connectivity index (χ0) is 14.9. The fourth-order valence-corrected chi connectivity index (χ4v) is 1.98. The van der Waals surface area contributed by atoms with Crippen molar-refractivity contribution in [1.82, 2.24) is 5.32 Å². The zero-order valence-corrected chi connectivity index (χ0v) is 11.3. The van der Waals surface area contributed by atoms with E-state index in [1.807, 2.05) is 0 Å². The molecule has 1 aromatic carbocycles. The van der Waals surface area contributed by atoms with Gasteiger partial charge in [-0.25, -0.2) is 0 Å². The van der Waals surface area contributed by atoms with Gasteiger partial charge in [0.25, 0.3) is 5.91 Å². The molecule has 1 heterocycles. The number of nitrogens with one attached hydrogen (secondary N) is 2. The van der Waals surface area contributed by atoms with Crippen molar-refractivity contribution < 1.29 is 19.5 Å². The Hall–Kier alpha value is -2.37. The number of rotatable bonds is 4. The van der Waals surface area contributed by atoms with Gasteiger partial charge >= 0.3 is 5.97 Å². The van der Waals surface area contributed by atoms with Crippen LogP contribution in [-0.2, 0) is 16.0 Å². The highest BCUT2D eigenvalue weighted by Gasteiger charge is 2.23. The van der Waals surface area contributed by atoms with Crippen LogP contribution < -0.4 is 10.6 Å². The molecule has 106 valence electrons. The van der Waals surface area contributed by atoms with Crippen LogP contribution in [0, 0.1) is 5.92 Å². The minimum Gasteiger partial charge on any atom is -0.481 e. The average molecular weight is 276 g/mol. The van der Waals surface area contributed by atoms with Crippen molar-refractivity contribution in [3.8, 4) is 0 Å². The third-order valence-corrected chi connectivity index (χ3v) is 3.50. The molecule has 2 rings (SSSR count). The van der Waals surface area contributed by atoms with Crippen molar-refractivity contribution in [3.05, 3.63) is 29.3 Å². The van der Waals surface area contributed by atoms with Crippen molar-refractivity contribution >= 4 is 23.5 Å². The van der Waals surface area contributed by atoms with E-state index in [0.29, 0.717) is 17.7 Å². The lowest BCUT2D eigenvalue weighted by atomic mass is 10.0. The third-order valence-electron chi connectivity index (χ3n) is 3.50. The Labute approximate surface area is 116 Å². The molecule has 1 aromatic rings. The van der Waals surface area contributed by atoms with E-state index in [-0.39, 0.29) is 11.8 Å². The number of carbonyl (C=O) groups excluding carboxylic acids is 2. The van der Waals surface area contributed by atoms with Crippen LogP contribution in [0.3, 0.4) is 0 Å². The number of hydrogen-bond donors (Lipinski definition) is 3. The van der Waals surface area contributed by atoms with E-state index in [9.17, 15) is 14.4 Å². The van der Waals surface area contributed by atoms with Gasteiger partial charge in [0, 0.05) is 17.3 Å². The SMILES string of the molecule is CC(NC(=O)c1ccc2c(c1)NC(=O)C2)C(C)C(=O)O. The first-order valence-corrected chi connectivity index (χ1v) is 6.35. The molecule has 0 saturated heterocycles. The van der Waals surface area contributed by atoms with Crippen molar-refractivity contribution in [1.29, 1.82) is 0 Å². The fraction of sp³-hybridized carbons (Fsp3) is 0.357. The lowest BCUT2D eigenvalue weighted by molar-refractivity contribution is -0.141. The normalized spacial score (nSPS) is 16.0. The molecule has 2 amide bonds. The van der Waals surface area contributed by atoms with Crippen LogP contribution in [0.15, 0.2) is 18.2 Å². The largest absolute Gasteiger partial charge is 0.481 e. The van der Waals surface area contributed by atoms with Crippen molar-refractivity contribution in [3.63, 3.8) is 0 Å². The van der Waals surface area contributed by atoms with Gasteiger partial charge in [-0.15, -0.1) is 0 Å². The molecule has 1 aliphatic rings. The number of fused-ring (bicyclic) bond motifs is 1. The first-order chi connectivity index (χ1) is 9.38. The number of carboxylic acid groups (broad SMARTS) is 1. The number of amides is 2.